The smallest absolute Gasteiger partial charge is 0.242 e. The summed E-state index contributed by atoms with van der Waals surface area (Å²) in [7, 11) is 1.66. The Balaban J connectivity index is 2.00. The summed E-state index contributed by atoms with van der Waals surface area (Å²) in [6, 6.07) is 5.37. The molecule has 1 amide bonds. The zero-order chi connectivity index (χ0) is 17.1. The van der Waals surface area contributed by atoms with E-state index in [-0.39, 0.29) is 17.9 Å². The highest BCUT2D eigenvalue weighted by Crippen LogP contribution is 2.29. The Labute approximate surface area is 142 Å². The van der Waals surface area contributed by atoms with Gasteiger partial charge in [-0.25, -0.2) is 9.97 Å². The molecule has 0 aromatic carbocycles. The van der Waals surface area contributed by atoms with E-state index in [1.54, 1.807) is 13.2 Å². The second kappa shape index (κ2) is 6.95. The molecule has 0 fully saturated rings. The van der Waals surface area contributed by atoms with Gasteiger partial charge in [-0.2, -0.15) is 0 Å². The first-order chi connectivity index (χ1) is 11.6. The molecule has 2 aromatic rings. The van der Waals surface area contributed by atoms with Crippen molar-refractivity contribution < 1.29 is 4.79 Å². The number of nitrogens with zero attached hydrogens (tertiary/aromatic N) is 3. The fourth-order valence-corrected chi connectivity index (χ4v) is 3.00. The molecule has 0 saturated carbocycles. The number of aryl methyl sites for hydroxylation is 1. The molecule has 0 aliphatic heterocycles. The Hall–Kier alpha value is -2.50. The molecule has 1 aliphatic carbocycles. The normalized spacial score (nSPS) is 14.3. The SMILES string of the molecule is CNC(=O)C(Nc1nc(-c2ccccn2)nc2c1CCC2)C(C)C. The fraction of sp³-hybridized carbons (Fsp3) is 0.444. The zero-order valence-electron chi connectivity index (χ0n) is 14.3. The van der Waals surface area contributed by atoms with Crippen molar-refractivity contribution in [1.82, 2.24) is 20.3 Å². The van der Waals surface area contributed by atoms with Gasteiger partial charge in [0.25, 0.3) is 0 Å². The monoisotopic (exact) mass is 325 g/mol. The molecule has 2 aromatic heterocycles. The molecule has 1 unspecified atom stereocenters. The van der Waals surface area contributed by atoms with Crippen LogP contribution in [0, 0.1) is 5.92 Å². The van der Waals surface area contributed by atoms with Gasteiger partial charge >= 0.3 is 0 Å². The Morgan fingerprint density at radius 1 is 1.21 bits per heavy atom. The van der Waals surface area contributed by atoms with Crippen molar-refractivity contribution in [2.75, 3.05) is 12.4 Å². The van der Waals surface area contributed by atoms with Crippen molar-refractivity contribution in [3.05, 3.63) is 35.7 Å². The van der Waals surface area contributed by atoms with Crippen LogP contribution in [-0.4, -0.2) is 33.9 Å². The number of hydrogen-bond donors (Lipinski definition) is 2. The summed E-state index contributed by atoms with van der Waals surface area (Å²) in [5.41, 5.74) is 2.94. The summed E-state index contributed by atoms with van der Waals surface area (Å²) < 4.78 is 0. The zero-order valence-corrected chi connectivity index (χ0v) is 14.3. The highest BCUT2D eigenvalue weighted by Gasteiger charge is 2.26. The predicted octanol–water partition coefficient (Wildman–Crippen LogP) is 2.21. The van der Waals surface area contributed by atoms with Gasteiger partial charge in [0.1, 0.15) is 17.6 Å². The number of carbonyl (C=O) groups excluding carboxylic acids is 1. The van der Waals surface area contributed by atoms with Crippen molar-refractivity contribution in [1.29, 1.82) is 0 Å². The number of pyridine rings is 1. The second-order valence-electron chi connectivity index (χ2n) is 6.37. The van der Waals surface area contributed by atoms with E-state index in [0.717, 1.165) is 42.0 Å². The Morgan fingerprint density at radius 3 is 2.71 bits per heavy atom. The van der Waals surface area contributed by atoms with Crippen molar-refractivity contribution in [2.45, 2.75) is 39.2 Å². The minimum Gasteiger partial charge on any atom is -0.358 e. The quantitative estimate of drug-likeness (QED) is 0.881. The number of rotatable bonds is 5. The summed E-state index contributed by atoms with van der Waals surface area (Å²) in [5, 5.41) is 6.07. The lowest BCUT2D eigenvalue weighted by Crippen LogP contribution is -2.41. The van der Waals surface area contributed by atoms with Gasteiger partial charge in [-0.1, -0.05) is 19.9 Å². The highest BCUT2D eigenvalue weighted by molar-refractivity contribution is 5.84. The minimum absolute atomic E-state index is 0.0326. The Kier molecular flexibility index (Phi) is 4.74. The molecular formula is C18H23N5O. The number of fused-ring (bicyclic) bond motifs is 1. The van der Waals surface area contributed by atoms with E-state index in [4.69, 9.17) is 0 Å². The fourth-order valence-electron chi connectivity index (χ4n) is 3.00. The number of carbonyl (C=O) groups is 1. The van der Waals surface area contributed by atoms with Crippen molar-refractivity contribution in [2.24, 2.45) is 5.92 Å². The number of aromatic nitrogens is 3. The van der Waals surface area contributed by atoms with Crippen LogP contribution in [-0.2, 0) is 17.6 Å². The third-order valence-electron chi connectivity index (χ3n) is 4.31. The first-order valence-corrected chi connectivity index (χ1v) is 8.39. The maximum atomic E-state index is 12.2. The maximum absolute atomic E-state index is 12.2. The van der Waals surface area contributed by atoms with Gasteiger partial charge in [-0.3, -0.25) is 9.78 Å². The summed E-state index contributed by atoms with van der Waals surface area (Å²) in [4.78, 5) is 25.9. The molecule has 3 rings (SSSR count). The molecule has 6 nitrogen and oxygen atoms in total. The molecule has 1 aliphatic rings. The van der Waals surface area contributed by atoms with Crippen LogP contribution in [0.1, 0.15) is 31.5 Å². The second-order valence-corrected chi connectivity index (χ2v) is 6.37. The lowest BCUT2D eigenvalue weighted by atomic mass is 10.0. The van der Waals surface area contributed by atoms with Crippen LogP contribution in [0.15, 0.2) is 24.4 Å². The van der Waals surface area contributed by atoms with E-state index < -0.39 is 0 Å². The van der Waals surface area contributed by atoms with Crippen LogP contribution < -0.4 is 10.6 Å². The van der Waals surface area contributed by atoms with E-state index in [9.17, 15) is 4.79 Å². The van der Waals surface area contributed by atoms with E-state index in [1.165, 1.54) is 0 Å². The van der Waals surface area contributed by atoms with Crippen molar-refractivity contribution in [3.8, 4) is 11.5 Å². The molecule has 6 heteroatoms. The largest absolute Gasteiger partial charge is 0.358 e. The van der Waals surface area contributed by atoms with Crippen LogP contribution in [0.25, 0.3) is 11.5 Å². The Bertz CT molecular complexity index is 730. The van der Waals surface area contributed by atoms with Crippen LogP contribution in [0.2, 0.25) is 0 Å². The van der Waals surface area contributed by atoms with E-state index in [1.807, 2.05) is 32.0 Å². The number of amides is 1. The average Bonchev–Trinajstić information content (AvgIpc) is 3.08. The van der Waals surface area contributed by atoms with Gasteiger partial charge in [0.15, 0.2) is 5.82 Å². The minimum atomic E-state index is -0.328. The number of anilines is 1. The van der Waals surface area contributed by atoms with Crippen LogP contribution in [0.4, 0.5) is 5.82 Å². The maximum Gasteiger partial charge on any atom is 0.242 e. The topological polar surface area (TPSA) is 79.8 Å². The van der Waals surface area contributed by atoms with Gasteiger partial charge in [-0.05, 0) is 37.3 Å². The molecule has 2 heterocycles. The molecule has 0 spiro atoms. The average molecular weight is 325 g/mol. The standard InChI is InChI=1S/C18H23N5O/c1-11(2)15(18(24)19-3)22-16-12-7-6-9-13(12)21-17(23-16)14-8-4-5-10-20-14/h4-5,8,10-11,15H,6-7,9H2,1-3H3,(H,19,24)(H,21,22,23). The summed E-state index contributed by atoms with van der Waals surface area (Å²) >= 11 is 0. The number of likely N-dealkylation sites (N-methyl/N-ethyl adjacent to an activating group) is 1. The third kappa shape index (κ3) is 3.22. The van der Waals surface area contributed by atoms with Gasteiger partial charge < -0.3 is 10.6 Å². The molecule has 1 atom stereocenters. The number of nitrogens with one attached hydrogen (secondary N) is 2. The first kappa shape index (κ1) is 16.4. The molecule has 0 bridgehead atoms. The van der Waals surface area contributed by atoms with Crippen LogP contribution >= 0.6 is 0 Å². The predicted molar refractivity (Wildman–Crippen MR) is 93.6 cm³/mol. The summed E-state index contributed by atoms with van der Waals surface area (Å²) in [6.07, 6.45) is 4.69. The summed E-state index contributed by atoms with van der Waals surface area (Å²) in [5.74, 6) is 1.49. The Morgan fingerprint density at radius 2 is 2.04 bits per heavy atom. The lowest BCUT2D eigenvalue weighted by molar-refractivity contribution is -0.122. The highest BCUT2D eigenvalue weighted by atomic mass is 16.2. The summed E-state index contributed by atoms with van der Waals surface area (Å²) in [6.45, 7) is 4.04. The lowest BCUT2D eigenvalue weighted by Gasteiger charge is -2.23. The molecule has 24 heavy (non-hydrogen) atoms. The third-order valence-corrected chi connectivity index (χ3v) is 4.31. The van der Waals surface area contributed by atoms with Gasteiger partial charge in [0.2, 0.25) is 5.91 Å². The van der Waals surface area contributed by atoms with E-state index in [2.05, 4.69) is 25.6 Å². The van der Waals surface area contributed by atoms with Gasteiger partial charge in [0, 0.05) is 24.5 Å². The van der Waals surface area contributed by atoms with Crippen LogP contribution in [0.3, 0.4) is 0 Å². The van der Waals surface area contributed by atoms with Gasteiger partial charge in [-0.15, -0.1) is 0 Å². The van der Waals surface area contributed by atoms with E-state index >= 15 is 0 Å². The molecule has 126 valence electrons. The molecule has 0 radical (unpaired) electrons. The van der Waals surface area contributed by atoms with Crippen LogP contribution in [0.5, 0.6) is 0 Å². The molecule has 2 N–H and O–H groups in total. The van der Waals surface area contributed by atoms with Gasteiger partial charge in [0.05, 0.1) is 0 Å². The van der Waals surface area contributed by atoms with Crippen molar-refractivity contribution in [3.63, 3.8) is 0 Å². The van der Waals surface area contributed by atoms with Crippen molar-refractivity contribution >= 4 is 11.7 Å². The van der Waals surface area contributed by atoms with E-state index in [0.29, 0.717) is 5.82 Å². The number of hydrogen-bond acceptors (Lipinski definition) is 5. The first-order valence-electron chi connectivity index (χ1n) is 8.39. The molecule has 0 saturated heterocycles. The molecular weight excluding hydrogens is 302 g/mol.